The molecule has 0 radical (unpaired) electrons. The summed E-state index contributed by atoms with van der Waals surface area (Å²) in [6.45, 7) is 13.6. The van der Waals surface area contributed by atoms with Crippen LogP contribution in [-0.4, -0.2) is 70.8 Å². The minimum Gasteiger partial charge on any atom is -0.465 e. The van der Waals surface area contributed by atoms with Crippen LogP contribution < -0.4 is 4.90 Å². The second-order valence-electron chi connectivity index (χ2n) is 11.9. The number of nitrogens with zero attached hydrogens (tertiary/aromatic N) is 2. The smallest absolute Gasteiger partial charge is 0.312 e. The van der Waals surface area contributed by atoms with Crippen molar-refractivity contribution < 1.29 is 29.0 Å². The van der Waals surface area contributed by atoms with Gasteiger partial charge in [0.05, 0.1) is 30.8 Å². The van der Waals surface area contributed by atoms with E-state index in [1.54, 1.807) is 40.1 Å². The summed E-state index contributed by atoms with van der Waals surface area (Å²) in [4.78, 5) is 46.2. The van der Waals surface area contributed by atoms with E-state index in [9.17, 15) is 19.5 Å². The van der Waals surface area contributed by atoms with E-state index in [1.807, 2.05) is 26.8 Å². The number of hydrogen-bond donors (Lipinski definition) is 1. The first-order valence-electron chi connectivity index (χ1n) is 15.2. The van der Waals surface area contributed by atoms with Crippen LogP contribution in [0.3, 0.4) is 0 Å². The first-order chi connectivity index (χ1) is 20.2. The van der Waals surface area contributed by atoms with E-state index >= 15 is 0 Å². The highest BCUT2D eigenvalue weighted by Gasteiger charge is 2.79. The normalized spacial score (nSPS) is 29.2. The number of carbonyl (C=O) groups excluding carboxylic acids is 3. The monoisotopic (exact) mass is 600 g/mol. The Hall–Kier alpha value is -2.68. The van der Waals surface area contributed by atoms with Crippen LogP contribution in [-0.2, 0) is 23.9 Å². The molecule has 1 N–H and O–H groups in total. The molecule has 3 heterocycles. The number of anilines is 1. The first-order valence-corrected chi connectivity index (χ1v) is 15.6. The lowest BCUT2D eigenvalue weighted by Crippen LogP contribution is -2.60. The Kier molecular flexibility index (Phi) is 10.2. The lowest BCUT2D eigenvalue weighted by Gasteiger charge is -2.41. The number of hydrogen-bond acceptors (Lipinski definition) is 6. The van der Waals surface area contributed by atoms with Crippen LogP contribution in [0.1, 0.15) is 65.7 Å². The summed E-state index contributed by atoms with van der Waals surface area (Å²) < 4.78 is 12.6. The van der Waals surface area contributed by atoms with Crippen LogP contribution in [0.4, 0.5) is 5.69 Å². The fraction of sp³-hybridized carbons (Fsp3) is 0.606. The first kappa shape index (κ1) is 32.2. The topological polar surface area (TPSA) is 96.4 Å². The Bertz CT molecular complexity index is 1170. The number of allylic oxidation sites excluding steroid dienone is 1. The third-order valence-corrected chi connectivity index (χ3v) is 9.97. The van der Waals surface area contributed by atoms with Crippen LogP contribution in [0.5, 0.6) is 0 Å². The number of aliphatic hydroxyl groups is 1. The van der Waals surface area contributed by atoms with Gasteiger partial charge >= 0.3 is 5.97 Å². The van der Waals surface area contributed by atoms with Gasteiger partial charge in [-0.2, -0.15) is 0 Å². The van der Waals surface area contributed by atoms with E-state index < -0.39 is 41.1 Å². The highest BCUT2D eigenvalue weighted by molar-refractivity contribution is 6.30. The molecule has 42 heavy (non-hydrogen) atoms. The fourth-order valence-corrected chi connectivity index (χ4v) is 7.47. The summed E-state index contributed by atoms with van der Waals surface area (Å²) in [5.74, 6) is -2.92. The van der Waals surface area contributed by atoms with Crippen LogP contribution in [0.15, 0.2) is 49.6 Å². The van der Waals surface area contributed by atoms with Gasteiger partial charge in [-0.15, -0.1) is 13.2 Å². The maximum absolute atomic E-state index is 14.7. The number of benzene rings is 1. The van der Waals surface area contributed by atoms with E-state index in [-0.39, 0.29) is 37.5 Å². The zero-order valence-electron chi connectivity index (χ0n) is 25.1. The van der Waals surface area contributed by atoms with E-state index in [2.05, 4.69) is 13.2 Å². The SMILES string of the molecule is C=CCCCCOC(=O)[C@@H]1[C@H]2C(=O)N([C@@H](CO)[C@@H](C)CC)C(C(=O)N(CC=C)c3ccc(Cl)cc3)C23CC[C@@]1(CC)O3. The van der Waals surface area contributed by atoms with Crippen molar-refractivity contribution in [2.45, 2.75) is 89.0 Å². The maximum atomic E-state index is 14.7. The molecule has 230 valence electrons. The molecule has 0 aromatic heterocycles. The number of aliphatic hydroxyl groups excluding tert-OH is 1. The third-order valence-electron chi connectivity index (χ3n) is 9.71. The molecule has 3 saturated heterocycles. The number of esters is 1. The molecule has 2 bridgehead atoms. The molecule has 3 aliphatic heterocycles. The van der Waals surface area contributed by atoms with Crippen LogP contribution in [0, 0.1) is 17.8 Å². The number of unbranched alkanes of at least 4 members (excludes halogenated alkanes) is 2. The molecule has 0 aliphatic carbocycles. The average Bonchev–Trinajstić information content (AvgIpc) is 3.60. The van der Waals surface area contributed by atoms with Gasteiger partial charge in [-0.1, -0.05) is 50.9 Å². The molecule has 7 atom stereocenters. The van der Waals surface area contributed by atoms with Gasteiger partial charge in [-0.25, -0.2) is 0 Å². The molecule has 3 aliphatic rings. The lowest BCUT2D eigenvalue weighted by atomic mass is 9.65. The Morgan fingerprint density at radius 3 is 2.52 bits per heavy atom. The predicted octanol–water partition coefficient (Wildman–Crippen LogP) is 5.32. The molecule has 1 aromatic carbocycles. The van der Waals surface area contributed by atoms with Crippen molar-refractivity contribution in [3.05, 3.63) is 54.6 Å². The molecule has 1 aromatic rings. The Morgan fingerprint density at radius 2 is 1.93 bits per heavy atom. The second kappa shape index (κ2) is 13.3. The highest BCUT2D eigenvalue weighted by atomic mass is 35.5. The van der Waals surface area contributed by atoms with Gasteiger partial charge in [0, 0.05) is 17.3 Å². The van der Waals surface area contributed by atoms with Gasteiger partial charge in [-0.3, -0.25) is 14.4 Å². The number of ether oxygens (including phenoxy) is 2. The average molecular weight is 601 g/mol. The van der Waals surface area contributed by atoms with Crippen molar-refractivity contribution in [2.24, 2.45) is 17.8 Å². The number of carbonyl (C=O) groups is 3. The lowest BCUT2D eigenvalue weighted by molar-refractivity contribution is -0.162. The number of rotatable bonds is 15. The highest BCUT2D eigenvalue weighted by Crippen LogP contribution is 2.65. The molecular weight excluding hydrogens is 556 g/mol. The van der Waals surface area contributed by atoms with Crippen LogP contribution in [0.2, 0.25) is 5.02 Å². The molecule has 3 fully saturated rings. The molecule has 9 heteroatoms. The summed E-state index contributed by atoms with van der Waals surface area (Å²) in [5, 5.41) is 11.1. The zero-order valence-corrected chi connectivity index (χ0v) is 25.9. The van der Waals surface area contributed by atoms with E-state index in [0.717, 1.165) is 12.8 Å². The van der Waals surface area contributed by atoms with Crippen molar-refractivity contribution in [1.82, 2.24) is 4.90 Å². The minimum absolute atomic E-state index is 0.0968. The van der Waals surface area contributed by atoms with Gasteiger partial charge in [0.1, 0.15) is 17.6 Å². The van der Waals surface area contributed by atoms with Crippen LogP contribution >= 0.6 is 11.6 Å². The molecule has 0 saturated carbocycles. The standard InChI is InChI=1S/C33H45ClN2O6/c1-6-10-11-12-20-41-31(40)27-26-29(38)36(25(21-37)22(5)8-3)28(33(26)18-17-32(27,9-4)42-33)30(39)35(19-7-2)24-15-13-23(34)14-16-24/h6-7,13-16,22,25-28,37H,1-2,8-12,17-21H2,3-5H3/t22-,25-,26-,27-,28?,32+,33?/m0/s1. The van der Waals surface area contributed by atoms with Gasteiger partial charge in [0.2, 0.25) is 5.91 Å². The Balaban J connectivity index is 1.79. The summed E-state index contributed by atoms with van der Waals surface area (Å²) in [6.07, 6.45) is 8.04. The van der Waals surface area contributed by atoms with Gasteiger partial charge in [0.25, 0.3) is 5.91 Å². The van der Waals surface area contributed by atoms with Crippen LogP contribution in [0.25, 0.3) is 0 Å². The number of halogens is 1. The summed E-state index contributed by atoms with van der Waals surface area (Å²) >= 11 is 6.14. The number of likely N-dealkylation sites (tertiary alicyclic amines) is 1. The molecule has 2 unspecified atom stereocenters. The van der Waals surface area contributed by atoms with E-state index in [1.165, 1.54) is 0 Å². The predicted molar refractivity (Wildman–Crippen MR) is 163 cm³/mol. The van der Waals surface area contributed by atoms with Gasteiger partial charge in [0.15, 0.2) is 0 Å². The van der Waals surface area contributed by atoms with Crippen molar-refractivity contribution in [3.63, 3.8) is 0 Å². The summed E-state index contributed by atoms with van der Waals surface area (Å²) in [6, 6.07) is 5.27. The maximum Gasteiger partial charge on any atom is 0.312 e. The number of fused-ring (bicyclic) bond motifs is 1. The zero-order chi connectivity index (χ0) is 30.7. The second-order valence-corrected chi connectivity index (χ2v) is 12.3. The minimum atomic E-state index is -1.22. The quantitative estimate of drug-likeness (QED) is 0.166. The Labute approximate surface area is 254 Å². The van der Waals surface area contributed by atoms with Gasteiger partial charge in [-0.05, 0) is 68.7 Å². The third kappa shape index (κ3) is 5.42. The molecule has 8 nitrogen and oxygen atoms in total. The number of amides is 2. The van der Waals surface area contributed by atoms with E-state index in [0.29, 0.717) is 42.8 Å². The summed E-state index contributed by atoms with van der Waals surface area (Å²) in [5.41, 5.74) is -1.50. The van der Waals surface area contributed by atoms with Gasteiger partial charge < -0.3 is 24.4 Å². The Morgan fingerprint density at radius 1 is 1.21 bits per heavy atom. The molecule has 4 rings (SSSR count). The van der Waals surface area contributed by atoms with Crippen molar-refractivity contribution in [1.29, 1.82) is 0 Å². The van der Waals surface area contributed by atoms with Crippen molar-refractivity contribution in [2.75, 3.05) is 24.7 Å². The summed E-state index contributed by atoms with van der Waals surface area (Å²) in [7, 11) is 0. The van der Waals surface area contributed by atoms with E-state index in [4.69, 9.17) is 21.1 Å². The molecule has 1 spiro atoms. The largest absolute Gasteiger partial charge is 0.465 e. The molecular formula is C33H45ClN2O6. The van der Waals surface area contributed by atoms with Crippen molar-refractivity contribution >= 4 is 35.1 Å². The fourth-order valence-electron chi connectivity index (χ4n) is 7.34. The molecule has 2 amide bonds. The van der Waals surface area contributed by atoms with Crippen molar-refractivity contribution in [3.8, 4) is 0 Å².